The maximum Gasteiger partial charge on any atom is 0.0419 e. The van der Waals surface area contributed by atoms with Crippen molar-refractivity contribution in [3.63, 3.8) is 0 Å². The molecule has 16 heavy (non-hydrogen) atoms. The van der Waals surface area contributed by atoms with Crippen molar-refractivity contribution in [1.82, 2.24) is 4.98 Å². The fourth-order valence-electron chi connectivity index (χ4n) is 2.72. The van der Waals surface area contributed by atoms with Gasteiger partial charge in [-0.15, -0.1) is 0 Å². The smallest absolute Gasteiger partial charge is 0.0419 e. The Kier molecular flexibility index (Phi) is 4.34. The topological polar surface area (TPSA) is 38.9 Å². The Morgan fingerprint density at radius 3 is 2.75 bits per heavy atom. The standard InChI is InChI=1S/C14H22N2/c15-13(10-12-6-2-1-3-7-12)11-14-8-4-5-9-16-14/h4-5,8-9,12-13H,1-3,6-7,10-11,15H2. The summed E-state index contributed by atoms with van der Waals surface area (Å²) in [5.74, 6) is 0.868. The molecule has 0 radical (unpaired) electrons. The van der Waals surface area contributed by atoms with Gasteiger partial charge in [-0.2, -0.15) is 0 Å². The molecule has 1 aliphatic rings. The quantitative estimate of drug-likeness (QED) is 0.844. The molecule has 1 aliphatic carbocycles. The summed E-state index contributed by atoms with van der Waals surface area (Å²) in [6.45, 7) is 0. The molecule has 2 rings (SSSR count). The molecule has 1 atom stereocenters. The second-order valence-corrected chi connectivity index (χ2v) is 5.03. The predicted octanol–water partition coefficient (Wildman–Crippen LogP) is 2.92. The molecule has 88 valence electrons. The molecule has 0 spiro atoms. The first kappa shape index (κ1) is 11.6. The Labute approximate surface area is 98.3 Å². The van der Waals surface area contributed by atoms with Crippen molar-refractivity contribution in [3.8, 4) is 0 Å². The molecule has 2 N–H and O–H groups in total. The van der Waals surface area contributed by atoms with Gasteiger partial charge < -0.3 is 5.73 Å². The number of aromatic nitrogens is 1. The van der Waals surface area contributed by atoms with E-state index in [1.54, 1.807) is 0 Å². The van der Waals surface area contributed by atoms with Crippen molar-refractivity contribution >= 4 is 0 Å². The summed E-state index contributed by atoms with van der Waals surface area (Å²) in [6.07, 6.45) is 11.0. The van der Waals surface area contributed by atoms with Crippen LogP contribution >= 0.6 is 0 Å². The van der Waals surface area contributed by atoms with E-state index in [0.29, 0.717) is 0 Å². The van der Waals surface area contributed by atoms with Crippen LogP contribution in [0.1, 0.15) is 44.2 Å². The average molecular weight is 218 g/mol. The van der Waals surface area contributed by atoms with E-state index in [1.807, 2.05) is 18.3 Å². The first-order chi connectivity index (χ1) is 7.84. The summed E-state index contributed by atoms with van der Waals surface area (Å²) in [4.78, 5) is 4.33. The minimum atomic E-state index is 0.290. The fourth-order valence-corrected chi connectivity index (χ4v) is 2.72. The largest absolute Gasteiger partial charge is 0.327 e. The lowest BCUT2D eigenvalue weighted by Crippen LogP contribution is -2.27. The van der Waals surface area contributed by atoms with Gasteiger partial charge in [-0.3, -0.25) is 4.98 Å². The monoisotopic (exact) mass is 218 g/mol. The van der Waals surface area contributed by atoms with Crippen molar-refractivity contribution in [3.05, 3.63) is 30.1 Å². The van der Waals surface area contributed by atoms with Crippen molar-refractivity contribution in [2.75, 3.05) is 0 Å². The molecule has 0 saturated heterocycles. The third-order valence-corrected chi connectivity index (χ3v) is 3.56. The summed E-state index contributed by atoms with van der Waals surface area (Å²) in [5.41, 5.74) is 7.33. The lowest BCUT2D eigenvalue weighted by atomic mass is 9.84. The van der Waals surface area contributed by atoms with E-state index in [9.17, 15) is 0 Å². The van der Waals surface area contributed by atoms with E-state index in [2.05, 4.69) is 11.1 Å². The lowest BCUT2D eigenvalue weighted by molar-refractivity contribution is 0.316. The number of nitrogens with two attached hydrogens (primary N) is 1. The molecular weight excluding hydrogens is 196 g/mol. The Balaban J connectivity index is 1.77. The first-order valence-electron chi connectivity index (χ1n) is 6.50. The van der Waals surface area contributed by atoms with E-state index in [4.69, 9.17) is 5.73 Å². The number of nitrogens with zero attached hydrogens (tertiary/aromatic N) is 1. The van der Waals surface area contributed by atoms with E-state index in [1.165, 1.54) is 38.5 Å². The summed E-state index contributed by atoms with van der Waals surface area (Å²) >= 11 is 0. The number of hydrogen-bond donors (Lipinski definition) is 1. The van der Waals surface area contributed by atoms with E-state index in [-0.39, 0.29) is 6.04 Å². The summed E-state index contributed by atoms with van der Waals surface area (Å²) < 4.78 is 0. The van der Waals surface area contributed by atoms with E-state index >= 15 is 0 Å². The highest BCUT2D eigenvalue weighted by Crippen LogP contribution is 2.27. The molecule has 1 unspecified atom stereocenters. The summed E-state index contributed by atoms with van der Waals surface area (Å²) in [7, 11) is 0. The molecule has 1 aromatic heterocycles. The van der Waals surface area contributed by atoms with Crippen LogP contribution in [0.15, 0.2) is 24.4 Å². The zero-order valence-electron chi connectivity index (χ0n) is 9.94. The highest BCUT2D eigenvalue weighted by molar-refractivity contribution is 5.05. The molecule has 1 heterocycles. The molecule has 2 nitrogen and oxygen atoms in total. The van der Waals surface area contributed by atoms with Gasteiger partial charge >= 0.3 is 0 Å². The molecule has 1 aromatic rings. The zero-order valence-corrected chi connectivity index (χ0v) is 9.94. The first-order valence-corrected chi connectivity index (χ1v) is 6.50. The van der Waals surface area contributed by atoms with Crippen LogP contribution < -0.4 is 5.73 Å². The Morgan fingerprint density at radius 1 is 1.25 bits per heavy atom. The van der Waals surface area contributed by atoms with Crippen LogP contribution in [0.4, 0.5) is 0 Å². The van der Waals surface area contributed by atoms with Crippen molar-refractivity contribution in [1.29, 1.82) is 0 Å². The number of pyridine rings is 1. The van der Waals surface area contributed by atoms with Gasteiger partial charge in [-0.05, 0) is 24.5 Å². The van der Waals surface area contributed by atoms with Crippen molar-refractivity contribution < 1.29 is 0 Å². The van der Waals surface area contributed by atoms with Gasteiger partial charge in [-0.1, -0.05) is 38.2 Å². The fraction of sp³-hybridized carbons (Fsp3) is 0.643. The number of hydrogen-bond acceptors (Lipinski definition) is 2. The van der Waals surface area contributed by atoms with Crippen molar-refractivity contribution in [2.45, 2.75) is 51.0 Å². The maximum atomic E-state index is 6.20. The maximum absolute atomic E-state index is 6.20. The SMILES string of the molecule is NC(Cc1ccccn1)CC1CCCCC1. The van der Waals surface area contributed by atoms with Gasteiger partial charge in [-0.25, -0.2) is 0 Å². The second-order valence-electron chi connectivity index (χ2n) is 5.03. The van der Waals surface area contributed by atoms with Gasteiger partial charge in [0.25, 0.3) is 0 Å². The third-order valence-electron chi connectivity index (χ3n) is 3.56. The molecule has 1 saturated carbocycles. The molecular formula is C14H22N2. The highest BCUT2D eigenvalue weighted by atomic mass is 14.7. The molecule has 0 aliphatic heterocycles. The van der Waals surface area contributed by atoms with Crippen LogP contribution in [0.2, 0.25) is 0 Å². The number of rotatable bonds is 4. The molecule has 0 bridgehead atoms. The van der Waals surface area contributed by atoms with Gasteiger partial charge in [0.05, 0.1) is 0 Å². The van der Waals surface area contributed by atoms with Gasteiger partial charge in [0, 0.05) is 24.4 Å². The van der Waals surface area contributed by atoms with Crippen LogP contribution in [0.25, 0.3) is 0 Å². The second kappa shape index (κ2) is 6.00. The molecule has 2 heteroatoms. The van der Waals surface area contributed by atoms with Crippen molar-refractivity contribution in [2.24, 2.45) is 11.7 Å². The van der Waals surface area contributed by atoms with Crippen LogP contribution in [0.5, 0.6) is 0 Å². The lowest BCUT2D eigenvalue weighted by Gasteiger charge is -2.24. The average Bonchev–Trinajstić information content (AvgIpc) is 2.31. The van der Waals surface area contributed by atoms with Crippen LogP contribution in [0.3, 0.4) is 0 Å². The molecule has 1 fully saturated rings. The van der Waals surface area contributed by atoms with Gasteiger partial charge in [0.15, 0.2) is 0 Å². The summed E-state index contributed by atoms with van der Waals surface area (Å²) in [6, 6.07) is 6.35. The predicted molar refractivity (Wildman–Crippen MR) is 67.1 cm³/mol. The Hall–Kier alpha value is -0.890. The van der Waals surface area contributed by atoms with Gasteiger partial charge in [0.2, 0.25) is 0 Å². The van der Waals surface area contributed by atoms with E-state index in [0.717, 1.165) is 18.0 Å². The minimum absolute atomic E-state index is 0.290. The molecule has 0 aromatic carbocycles. The highest BCUT2D eigenvalue weighted by Gasteiger charge is 2.16. The Morgan fingerprint density at radius 2 is 2.06 bits per heavy atom. The van der Waals surface area contributed by atoms with Crippen LogP contribution in [-0.2, 0) is 6.42 Å². The Bertz CT molecular complexity index is 291. The van der Waals surface area contributed by atoms with E-state index < -0.39 is 0 Å². The third kappa shape index (κ3) is 3.60. The normalized spacial score (nSPS) is 19.6. The molecule has 0 amide bonds. The van der Waals surface area contributed by atoms with Crippen LogP contribution in [-0.4, -0.2) is 11.0 Å². The summed E-state index contributed by atoms with van der Waals surface area (Å²) in [5, 5.41) is 0. The zero-order chi connectivity index (χ0) is 11.2. The van der Waals surface area contributed by atoms with Gasteiger partial charge in [0.1, 0.15) is 0 Å². The minimum Gasteiger partial charge on any atom is -0.327 e. The van der Waals surface area contributed by atoms with Crippen LogP contribution in [0, 0.1) is 5.92 Å².